The van der Waals surface area contributed by atoms with Gasteiger partial charge in [-0.1, -0.05) is 32.0 Å². The van der Waals surface area contributed by atoms with Gasteiger partial charge in [0.2, 0.25) is 6.41 Å². The highest BCUT2D eigenvalue weighted by Crippen LogP contribution is 2.05. The van der Waals surface area contributed by atoms with Gasteiger partial charge in [-0.25, -0.2) is 4.79 Å². The van der Waals surface area contributed by atoms with Gasteiger partial charge in [-0.2, -0.15) is 0 Å². The van der Waals surface area contributed by atoms with Crippen LogP contribution >= 0.6 is 0 Å². The third kappa shape index (κ3) is 4.26. The molecule has 0 spiro atoms. The number of benzene rings is 1. The molecular formula is C13H17NO3. The quantitative estimate of drug-likeness (QED) is 0.602. The molecule has 4 nitrogen and oxygen atoms in total. The molecule has 0 aliphatic rings. The van der Waals surface area contributed by atoms with Crippen LogP contribution in [-0.2, 0) is 9.53 Å². The molecule has 0 radical (unpaired) electrons. The summed E-state index contributed by atoms with van der Waals surface area (Å²) < 4.78 is 5.14. The maximum Gasteiger partial charge on any atom is 0.338 e. The number of rotatable bonds is 6. The highest BCUT2D eigenvalue weighted by molar-refractivity contribution is 5.89. The van der Waals surface area contributed by atoms with Crippen LogP contribution in [0.25, 0.3) is 0 Å². The Morgan fingerprint density at radius 2 is 2.00 bits per heavy atom. The molecule has 1 amide bonds. The zero-order valence-corrected chi connectivity index (χ0v) is 10.1. The van der Waals surface area contributed by atoms with Gasteiger partial charge in [-0.15, -0.1) is 0 Å². The number of carbonyl (C=O) groups excluding carboxylic acids is 2. The molecule has 0 saturated carbocycles. The van der Waals surface area contributed by atoms with E-state index in [2.05, 4.69) is 5.32 Å². The second-order valence-electron chi connectivity index (χ2n) is 4.10. The molecule has 1 atom stereocenters. The number of amides is 1. The highest BCUT2D eigenvalue weighted by Gasteiger charge is 2.15. The predicted molar refractivity (Wildman–Crippen MR) is 64.6 cm³/mol. The van der Waals surface area contributed by atoms with Crippen molar-refractivity contribution in [3.8, 4) is 0 Å². The Labute approximate surface area is 101 Å². The monoisotopic (exact) mass is 235 g/mol. The second-order valence-corrected chi connectivity index (χ2v) is 4.10. The second kappa shape index (κ2) is 6.68. The van der Waals surface area contributed by atoms with Crippen LogP contribution in [0.4, 0.5) is 0 Å². The third-order valence-electron chi connectivity index (χ3n) is 2.49. The number of esters is 1. The van der Waals surface area contributed by atoms with Gasteiger partial charge < -0.3 is 10.1 Å². The van der Waals surface area contributed by atoms with Crippen molar-refractivity contribution in [3.05, 3.63) is 35.9 Å². The minimum Gasteiger partial charge on any atom is -0.460 e. The molecule has 0 heterocycles. The minimum atomic E-state index is -0.371. The van der Waals surface area contributed by atoms with Gasteiger partial charge in [-0.05, 0) is 18.1 Å². The van der Waals surface area contributed by atoms with Gasteiger partial charge in [0.1, 0.15) is 6.61 Å². The summed E-state index contributed by atoms with van der Waals surface area (Å²) in [6.45, 7) is 4.10. The molecule has 4 heteroatoms. The molecule has 1 N–H and O–H groups in total. The van der Waals surface area contributed by atoms with E-state index in [0.29, 0.717) is 12.0 Å². The summed E-state index contributed by atoms with van der Waals surface area (Å²) in [7, 11) is 0. The van der Waals surface area contributed by atoms with Gasteiger partial charge in [0.05, 0.1) is 11.6 Å². The maximum atomic E-state index is 11.6. The number of ether oxygens (including phenoxy) is 1. The molecule has 0 fully saturated rings. The summed E-state index contributed by atoms with van der Waals surface area (Å²) in [5.74, 6) is -0.160. The molecule has 0 aliphatic heterocycles. The van der Waals surface area contributed by atoms with Gasteiger partial charge in [0.15, 0.2) is 0 Å². The van der Waals surface area contributed by atoms with Crippen molar-refractivity contribution in [2.75, 3.05) is 6.61 Å². The summed E-state index contributed by atoms with van der Waals surface area (Å²) in [6, 6.07) is 8.63. The summed E-state index contributed by atoms with van der Waals surface area (Å²) in [5.41, 5.74) is 0.515. The smallest absolute Gasteiger partial charge is 0.338 e. The van der Waals surface area contributed by atoms with Gasteiger partial charge >= 0.3 is 5.97 Å². The van der Waals surface area contributed by atoms with Crippen molar-refractivity contribution in [1.82, 2.24) is 5.32 Å². The van der Waals surface area contributed by atoms with Gasteiger partial charge in [-0.3, -0.25) is 4.79 Å². The van der Waals surface area contributed by atoms with E-state index in [-0.39, 0.29) is 24.5 Å². The van der Waals surface area contributed by atoms with Crippen molar-refractivity contribution >= 4 is 12.4 Å². The largest absolute Gasteiger partial charge is 0.460 e. The lowest BCUT2D eigenvalue weighted by Gasteiger charge is -2.19. The molecule has 1 unspecified atom stereocenters. The fourth-order valence-corrected chi connectivity index (χ4v) is 1.34. The zero-order valence-electron chi connectivity index (χ0n) is 10.1. The average molecular weight is 235 g/mol. The highest BCUT2D eigenvalue weighted by atomic mass is 16.5. The number of nitrogens with one attached hydrogen (secondary N) is 1. The Hall–Kier alpha value is -1.84. The Morgan fingerprint density at radius 1 is 1.35 bits per heavy atom. The first-order chi connectivity index (χ1) is 8.15. The first-order valence-corrected chi connectivity index (χ1v) is 5.57. The molecule has 92 valence electrons. The lowest BCUT2D eigenvalue weighted by molar-refractivity contribution is -0.110. The summed E-state index contributed by atoms with van der Waals surface area (Å²) in [6.07, 6.45) is 0.626. The summed E-state index contributed by atoms with van der Waals surface area (Å²) in [4.78, 5) is 22.0. The molecule has 0 aliphatic carbocycles. The van der Waals surface area contributed by atoms with Crippen LogP contribution in [0.2, 0.25) is 0 Å². The van der Waals surface area contributed by atoms with Crippen molar-refractivity contribution in [2.24, 2.45) is 5.92 Å². The number of carbonyl (C=O) groups is 2. The minimum absolute atomic E-state index is 0.153. The van der Waals surface area contributed by atoms with E-state index in [4.69, 9.17) is 4.74 Å². The summed E-state index contributed by atoms with van der Waals surface area (Å²) in [5, 5.41) is 2.63. The molecule has 1 aromatic rings. The van der Waals surface area contributed by atoms with E-state index in [0.717, 1.165) is 0 Å². The first-order valence-electron chi connectivity index (χ1n) is 5.57. The molecule has 0 aromatic heterocycles. The van der Waals surface area contributed by atoms with Crippen LogP contribution in [0, 0.1) is 5.92 Å². The SMILES string of the molecule is CC(C)C(COC(=O)c1ccccc1)NC=O. The van der Waals surface area contributed by atoms with Gasteiger partial charge in [0.25, 0.3) is 0 Å². The average Bonchev–Trinajstić information content (AvgIpc) is 2.34. The Morgan fingerprint density at radius 3 is 2.53 bits per heavy atom. The fraction of sp³-hybridized carbons (Fsp3) is 0.385. The topological polar surface area (TPSA) is 55.4 Å². The third-order valence-corrected chi connectivity index (χ3v) is 2.49. The molecular weight excluding hydrogens is 218 g/mol. The lowest BCUT2D eigenvalue weighted by Crippen LogP contribution is -2.37. The maximum absolute atomic E-state index is 11.6. The van der Waals surface area contributed by atoms with Crippen LogP contribution < -0.4 is 5.32 Å². The van der Waals surface area contributed by atoms with E-state index in [9.17, 15) is 9.59 Å². The Bertz CT molecular complexity index is 362. The van der Waals surface area contributed by atoms with Crippen LogP contribution in [0.3, 0.4) is 0 Å². The van der Waals surface area contributed by atoms with Crippen molar-refractivity contribution in [3.63, 3.8) is 0 Å². The standard InChI is InChI=1S/C13H17NO3/c1-10(2)12(14-9-15)8-17-13(16)11-6-4-3-5-7-11/h3-7,9-10,12H,8H2,1-2H3,(H,14,15). The van der Waals surface area contributed by atoms with Crippen molar-refractivity contribution in [2.45, 2.75) is 19.9 Å². The molecule has 17 heavy (non-hydrogen) atoms. The van der Waals surface area contributed by atoms with Gasteiger partial charge in [0, 0.05) is 0 Å². The fourth-order valence-electron chi connectivity index (χ4n) is 1.34. The molecule has 0 saturated heterocycles. The first kappa shape index (κ1) is 13.2. The van der Waals surface area contributed by atoms with Crippen LogP contribution in [0.5, 0.6) is 0 Å². The van der Waals surface area contributed by atoms with E-state index in [1.165, 1.54) is 0 Å². The predicted octanol–water partition coefficient (Wildman–Crippen LogP) is 1.61. The van der Waals surface area contributed by atoms with Crippen LogP contribution in [0.1, 0.15) is 24.2 Å². The number of hydrogen-bond acceptors (Lipinski definition) is 3. The van der Waals surface area contributed by atoms with Crippen LogP contribution in [0.15, 0.2) is 30.3 Å². The van der Waals surface area contributed by atoms with Crippen LogP contribution in [-0.4, -0.2) is 25.0 Å². The van der Waals surface area contributed by atoms with E-state index in [1.54, 1.807) is 24.3 Å². The van der Waals surface area contributed by atoms with E-state index in [1.807, 2.05) is 19.9 Å². The number of hydrogen-bond donors (Lipinski definition) is 1. The Kier molecular flexibility index (Phi) is 5.20. The molecule has 0 bridgehead atoms. The van der Waals surface area contributed by atoms with Crippen molar-refractivity contribution in [1.29, 1.82) is 0 Å². The molecule has 1 aromatic carbocycles. The van der Waals surface area contributed by atoms with E-state index < -0.39 is 0 Å². The zero-order chi connectivity index (χ0) is 12.7. The molecule has 1 rings (SSSR count). The normalized spacial score (nSPS) is 11.9. The Balaban J connectivity index is 2.49. The summed E-state index contributed by atoms with van der Waals surface area (Å²) >= 11 is 0. The van der Waals surface area contributed by atoms with Crippen molar-refractivity contribution < 1.29 is 14.3 Å². The van der Waals surface area contributed by atoms with E-state index >= 15 is 0 Å². The lowest BCUT2D eigenvalue weighted by atomic mass is 10.1.